The number of nitrogens with zero attached hydrogens (tertiary/aromatic N) is 1. The second kappa shape index (κ2) is 8.47. The van der Waals surface area contributed by atoms with E-state index in [1.807, 2.05) is 6.07 Å². The number of esters is 1. The SMILES string of the molecule is CCOC(=O)Cc1cccc(NC(=O)C2CCCCN2C(C)=O)c1. The van der Waals surface area contributed by atoms with Gasteiger partial charge in [-0.15, -0.1) is 0 Å². The number of hydrogen-bond donors (Lipinski definition) is 1. The van der Waals surface area contributed by atoms with Gasteiger partial charge >= 0.3 is 5.97 Å². The van der Waals surface area contributed by atoms with Crippen molar-refractivity contribution in [2.24, 2.45) is 0 Å². The van der Waals surface area contributed by atoms with Crippen LogP contribution >= 0.6 is 0 Å². The number of carbonyl (C=O) groups excluding carboxylic acids is 3. The number of ether oxygens (including phenoxy) is 1. The van der Waals surface area contributed by atoms with Gasteiger partial charge in [-0.2, -0.15) is 0 Å². The van der Waals surface area contributed by atoms with Crippen LogP contribution < -0.4 is 5.32 Å². The summed E-state index contributed by atoms with van der Waals surface area (Å²) in [7, 11) is 0. The maximum atomic E-state index is 12.5. The van der Waals surface area contributed by atoms with Gasteiger partial charge < -0.3 is 15.0 Å². The Balaban J connectivity index is 2.03. The van der Waals surface area contributed by atoms with Gasteiger partial charge in [0.15, 0.2) is 0 Å². The van der Waals surface area contributed by atoms with Gasteiger partial charge in [-0.05, 0) is 43.9 Å². The summed E-state index contributed by atoms with van der Waals surface area (Å²) in [5, 5.41) is 2.86. The van der Waals surface area contributed by atoms with E-state index < -0.39 is 6.04 Å². The number of piperidine rings is 1. The lowest BCUT2D eigenvalue weighted by Crippen LogP contribution is -2.49. The summed E-state index contributed by atoms with van der Waals surface area (Å²) in [5.41, 5.74) is 1.40. The van der Waals surface area contributed by atoms with Crippen LogP contribution in [0.4, 0.5) is 5.69 Å². The summed E-state index contributed by atoms with van der Waals surface area (Å²) < 4.78 is 4.93. The van der Waals surface area contributed by atoms with Gasteiger partial charge in [0.2, 0.25) is 11.8 Å². The molecule has 1 fully saturated rings. The molecule has 24 heavy (non-hydrogen) atoms. The first kappa shape index (κ1) is 18.0. The average Bonchev–Trinajstić information content (AvgIpc) is 2.55. The molecule has 1 aliphatic rings. The van der Waals surface area contributed by atoms with E-state index in [4.69, 9.17) is 4.74 Å². The molecule has 130 valence electrons. The van der Waals surface area contributed by atoms with Gasteiger partial charge in [0.05, 0.1) is 13.0 Å². The molecule has 1 aromatic carbocycles. The van der Waals surface area contributed by atoms with Crippen LogP contribution in [0.1, 0.15) is 38.7 Å². The van der Waals surface area contributed by atoms with E-state index in [-0.39, 0.29) is 24.2 Å². The Morgan fingerprint density at radius 2 is 2.08 bits per heavy atom. The van der Waals surface area contributed by atoms with Crippen LogP contribution in [0.25, 0.3) is 0 Å². The number of anilines is 1. The van der Waals surface area contributed by atoms with E-state index in [0.29, 0.717) is 25.3 Å². The summed E-state index contributed by atoms with van der Waals surface area (Å²) in [4.78, 5) is 37.4. The fourth-order valence-electron chi connectivity index (χ4n) is 2.94. The van der Waals surface area contributed by atoms with Gasteiger partial charge in [0, 0.05) is 19.2 Å². The first-order valence-corrected chi connectivity index (χ1v) is 8.34. The highest BCUT2D eigenvalue weighted by Gasteiger charge is 2.30. The van der Waals surface area contributed by atoms with E-state index >= 15 is 0 Å². The van der Waals surface area contributed by atoms with Crippen molar-refractivity contribution in [3.05, 3.63) is 29.8 Å². The molecule has 1 unspecified atom stereocenters. The Hall–Kier alpha value is -2.37. The molecule has 0 spiro atoms. The summed E-state index contributed by atoms with van der Waals surface area (Å²) in [6.45, 7) is 4.22. The molecule has 0 radical (unpaired) electrons. The molecule has 1 N–H and O–H groups in total. The zero-order valence-corrected chi connectivity index (χ0v) is 14.2. The van der Waals surface area contributed by atoms with Gasteiger partial charge in [-0.3, -0.25) is 14.4 Å². The molecule has 1 atom stereocenters. The fraction of sp³-hybridized carbons (Fsp3) is 0.500. The molecular formula is C18H24N2O4. The van der Waals surface area contributed by atoms with Crippen LogP contribution in [0.15, 0.2) is 24.3 Å². The number of carbonyl (C=O) groups is 3. The van der Waals surface area contributed by atoms with Crippen molar-refractivity contribution in [1.29, 1.82) is 0 Å². The molecular weight excluding hydrogens is 308 g/mol. The van der Waals surface area contributed by atoms with E-state index in [1.54, 1.807) is 30.0 Å². The monoisotopic (exact) mass is 332 g/mol. The van der Waals surface area contributed by atoms with Crippen LogP contribution in [0.2, 0.25) is 0 Å². The number of hydrogen-bond acceptors (Lipinski definition) is 4. The predicted octanol–water partition coefficient (Wildman–Crippen LogP) is 2.13. The summed E-state index contributed by atoms with van der Waals surface area (Å²) in [6, 6.07) is 6.71. The molecule has 0 aromatic heterocycles. The quantitative estimate of drug-likeness (QED) is 0.838. The second-order valence-electron chi connectivity index (χ2n) is 5.90. The Bertz CT molecular complexity index is 615. The van der Waals surface area contributed by atoms with Crippen LogP contribution in [-0.2, 0) is 25.5 Å². The minimum Gasteiger partial charge on any atom is -0.466 e. The lowest BCUT2D eigenvalue weighted by Gasteiger charge is -2.33. The maximum Gasteiger partial charge on any atom is 0.310 e. The summed E-state index contributed by atoms with van der Waals surface area (Å²) >= 11 is 0. The lowest BCUT2D eigenvalue weighted by atomic mass is 10.0. The molecule has 2 amide bonds. The predicted molar refractivity (Wildman–Crippen MR) is 90.4 cm³/mol. The largest absolute Gasteiger partial charge is 0.466 e. The number of amides is 2. The summed E-state index contributed by atoms with van der Waals surface area (Å²) in [5.74, 6) is -0.555. The Kier molecular flexibility index (Phi) is 6.35. The van der Waals surface area contributed by atoms with Crippen molar-refractivity contribution in [3.63, 3.8) is 0 Å². The first-order chi connectivity index (χ1) is 11.5. The molecule has 1 saturated heterocycles. The molecule has 0 saturated carbocycles. The highest BCUT2D eigenvalue weighted by atomic mass is 16.5. The third-order valence-corrected chi connectivity index (χ3v) is 4.06. The minimum absolute atomic E-state index is 0.0779. The van der Waals surface area contributed by atoms with Crippen LogP contribution in [0.3, 0.4) is 0 Å². The van der Waals surface area contributed by atoms with Crippen LogP contribution in [0.5, 0.6) is 0 Å². The topological polar surface area (TPSA) is 75.7 Å². The molecule has 1 aromatic rings. The highest BCUT2D eigenvalue weighted by molar-refractivity contribution is 5.97. The Morgan fingerprint density at radius 1 is 1.29 bits per heavy atom. The third-order valence-electron chi connectivity index (χ3n) is 4.06. The smallest absolute Gasteiger partial charge is 0.310 e. The number of likely N-dealkylation sites (tertiary alicyclic amines) is 1. The molecule has 6 nitrogen and oxygen atoms in total. The average molecular weight is 332 g/mol. The van der Waals surface area contributed by atoms with Crippen LogP contribution in [0, 0.1) is 0 Å². The number of nitrogens with one attached hydrogen (secondary N) is 1. The van der Waals surface area contributed by atoms with E-state index in [1.165, 1.54) is 6.92 Å². The number of rotatable bonds is 5. The zero-order valence-electron chi connectivity index (χ0n) is 14.2. The van der Waals surface area contributed by atoms with Crippen molar-refractivity contribution < 1.29 is 19.1 Å². The highest BCUT2D eigenvalue weighted by Crippen LogP contribution is 2.19. The first-order valence-electron chi connectivity index (χ1n) is 8.34. The van der Waals surface area contributed by atoms with E-state index in [0.717, 1.165) is 18.4 Å². The van der Waals surface area contributed by atoms with Crippen LogP contribution in [-0.4, -0.2) is 41.9 Å². The molecule has 0 aliphatic carbocycles. The Morgan fingerprint density at radius 3 is 2.79 bits per heavy atom. The van der Waals surface area contributed by atoms with Crippen molar-refractivity contribution in [3.8, 4) is 0 Å². The number of benzene rings is 1. The zero-order chi connectivity index (χ0) is 17.5. The normalized spacial score (nSPS) is 17.2. The van der Waals surface area contributed by atoms with Gasteiger partial charge in [-0.25, -0.2) is 0 Å². The molecule has 2 rings (SSSR count). The third kappa shape index (κ3) is 4.81. The van der Waals surface area contributed by atoms with Crippen molar-refractivity contribution in [2.45, 2.75) is 45.6 Å². The fourth-order valence-corrected chi connectivity index (χ4v) is 2.94. The maximum absolute atomic E-state index is 12.5. The molecule has 1 heterocycles. The van der Waals surface area contributed by atoms with Gasteiger partial charge in [0.25, 0.3) is 0 Å². The lowest BCUT2D eigenvalue weighted by molar-refractivity contribution is -0.142. The van der Waals surface area contributed by atoms with E-state index in [2.05, 4.69) is 5.32 Å². The molecule has 1 aliphatic heterocycles. The minimum atomic E-state index is -0.426. The summed E-state index contributed by atoms with van der Waals surface area (Å²) in [6.07, 6.45) is 2.71. The van der Waals surface area contributed by atoms with Crippen molar-refractivity contribution in [2.75, 3.05) is 18.5 Å². The second-order valence-corrected chi connectivity index (χ2v) is 5.90. The van der Waals surface area contributed by atoms with Gasteiger partial charge in [0.1, 0.15) is 6.04 Å². The van der Waals surface area contributed by atoms with E-state index in [9.17, 15) is 14.4 Å². The van der Waals surface area contributed by atoms with Crippen molar-refractivity contribution >= 4 is 23.5 Å². The molecule has 6 heteroatoms. The molecule has 0 bridgehead atoms. The van der Waals surface area contributed by atoms with Crippen molar-refractivity contribution in [1.82, 2.24) is 4.90 Å². The van der Waals surface area contributed by atoms with Gasteiger partial charge in [-0.1, -0.05) is 12.1 Å². The standard InChI is InChI=1S/C18H24N2O4/c1-3-24-17(22)12-14-7-6-8-15(11-14)19-18(23)16-9-4-5-10-20(16)13(2)21/h6-8,11,16H,3-5,9-10,12H2,1-2H3,(H,19,23). The Labute approximate surface area is 142 Å².